The van der Waals surface area contributed by atoms with Crippen LogP contribution in [0.2, 0.25) is 0 Å². The molecule has 2 fully saturated rings. The largest absolute Gasteiger partial charge is 0.494 e. The summed E-state index contributed by atoms with van der Waals surface area (Å²) in [4.78, 5) is 40.6. The number of hydrogen-bond acceptors (Lipinski definition) is 6. The second-order valence-electron chi connectivity index (χ2n) is 7.67. The van der Waals surface area contributed by atoms with Crippen LogP contribution in [0.3, 0.4) is 0 Å². The molecule has 0 aliphatic carbocycles. The number of nitrogens with zero attached hydrogens (tertiary/aromatic N) is 3. The Balaban J connectivity index is 1.39. The number of benzene rings is 2. The van der Waals surface area contributed by atoms with E-state index >= 15 is 0 Å². The summed E-state index contributed by atoms with van der Waals surface area (Å²) in [6.07, 6.45) is 0.207. The number of nitro groups is 1. The molecule has 0 spiro atoms. The first-order chi connectivity index (χ1) is 15.0. The molecule has 2 aliphatic rings. The topological polar surface area (TPSA) is 97.4 Å². The van der Waals surface area contributed by atoms with Crippen LogP contribution in [0, 0.1) is 10.1 Å². The SMILES string of the molecule is CCOc1ccc(N2C(=O)C[C@@H]([NH+]3CCN(c4ccc([N+](=O)[O-])cc4)CC3)C2=O)cc1. The quantitative estimate of drug-likeness (QED) is 0.422. The molecule has 0 bridgehead atoms. The number of ether oxygens (including phenoxy) is 1. The lowest BCUT2D eigenvalue weighted by molar-refractivity contribution is -0.915. The number of anilines is 2. The number of hydrogen-bond donors (Lipinski definition) is 1. The minimum atomic E-state index is -0.412. The lowest BCUT2D eigenvalue weighted by Gasteiger charge is -2.35. The first-order valence-corrected chi connectivity index (χ1v) is 10.4. The molecule has 2 aliphatic heterocycles. The third-order valence-electron chi connectivity index (χ3n) is 5.88. The van der Waals surface area contributed by atoms with E-state index in [1.54, 1.807) is 36.4 Å². The molecule has 2 aromatic rings. The maximum absolute atomic E-state index is 13.1. The molecule has 2 heterocycles. The molecule has 1 N–H and O–H groups in total. The second-order valence-corrected chi connectivity index (χ2v) is 7.67. The summed E-state index contributed by atoms with van der Waals surface area (Å²) < 4.78 is 5.43. The molecule has 1 atom stereocenters. The van der Waals surface area contributed by atoms with Gasteiger partial charge in [0.2, 0.25) is 5.91 Å². The first kappa shape index (κ1) is 20.8. The Labute approximate surface area is 179 Å². The maximum atomic E-state index is 13.1. The fourth-order valence-electron chi connectivity index (χ4n) is 4.27. The number of imide groups is 1. The highest BCUT2D eigenvalue weighted by molar-refractivity contribution is 6.21. The number of rotatable bonds is 6. The lowest BCUT2D eigenvalue weighted by Crippen LogP contribution is -3.19. The summed E-state index contributed by atoms with van der Waals surface area (Å²) in [5, 5.41) is 10.8. The molecular formula is C22H25N4O5+. The third kappa shape index (κ3) is 4.22. The highest BCUT2D eigenvalue weighted by atomic mass is 16.6. The standard InChI is InChI=1S/C22H24N4O5/c1-2-31-19-9-7-17(8-10-19)25-21(27)15-20(22(25)28)24-13-11-23(12-14-24)16-3-5-18(6-4-16)26(29)30/h3-10,20H,2,11-15H2,1H3/p+1/t20-/m1/s1. The van der Waals surface area contributed by atoms with E-state index in [1.807, 2.05) is 6.92 Å². The molecule has 2 aromatic carbocycles. The van der Waals surface area contributed by atoms with Gasteiger partial charge in [-0.25, -0.2) is 4.90 Å². The molecule has 162 valence electrons. The van der Waals surface area contributed by atoms with E-state index in [1.165, 1.54) is 17.0 Å². The van der Waals surface area contributed by atoms with E-state index in [0.717, 1.165) is 23.7 Å². The summed E-state index contributed by atoms with van der Waals surface area (Å²) in [7, 11) is 0. The van der Waals surface area contributed by atoms with Crippen LogP contribution in [0.5, 0.6) is 5.75 Å². The molecule has 0 saturated carbocycles. The number of carbonyl (C=O) groups is 2. The van der Waals surface area contributed by atoms with Crippen molar-refractivity contribution in [1.82, 2.24) is 0 Å². The molecule has 0 aromatic heterocycles. The Kier molecular flexibility index (Phi) is 5.85. The van der Waals surface area contributed by atoms with Crippen molar-refractivity contribution in [1.29, 1.82) is 0 Å². The smallest absolute Gasteiger partial charge is 0.292 e. The van der Waals surface area contributed by atoms with Crippen LogP contribution < -0.4 is 19.4 Å². The van der Waals surface area contributed by atoms with E-state index in [0.29, 0.717) is 31.1 Å². The number of nitro benzene ring substituents is 1. The molecule has 0 unspecified atom stereocenters. The fourth-order valence-corrected chi connectivity index (χ4v) is 4.27. The van der Waals surface area contributed by atoms with E-state index < -0.39 is 4.92 Å². The average molecular weight is 425 g/mol. The molecule has 0 radical (unpaired) electrons. The van der Waals surface area contributed by atoms with Gasteiger partial charge in [-0.05, 0) is 43.3 Å². The number of quaternary nitrogens is 1. The van der Waals surface area contributed by atoms with Gasteiger partial charge in [0.1, 0.15) is 5.75 Å². The Morgan fingerprint density at radius 1 is 1.03 bits per heavy atom. The van der Waals surface area contributed by atoms with Crippen LogP contribution in [-0.2, 0) is 9.59 Å². The van der Waals surface area contributed by atoms with Crippen molar-refractivity contribution in [3.05, 3.63) is 58.6 Å². The number of non-ortho nitro benzene ring substituents is 1. The van der Waals surface area contributed by atoms with Crippen molar-refractivity contribution in [2.45, 2.75) is 19.4 Å². The predicted octanol–water partition coefficient (Wildman–Crippen LogP) is 1.03. The van der Waals surface area contributed by atoms with Gasteiger partial charge in [-0.3, -0.25) is 19.7 Å². The maximum Gasteiger partial charge on any atom is 0.292 e. The number of amides is 2. The Morgan fingerprint density at radius 3 is 2.23 bits per heavy atom. The van der Waals surface area contributed by atoms with Crippen LogP contribution in [-0.4, -0.2) is 55.6 Å². The van der Waals surface area contributed by atoms with E-state index in [2.05, 4.69) is 4.90 Å². The molecule has 9 heteroatoms. The summed E-state index contributed by atoms with van der Waals surface area (Å²) >= 11 is 0. The number of nitrogens with one attached hydrogen (secondary N) is 1. The Morgan fingerprint density at radius 2 is 1.65 bits per heavy atom. The van der Waals surface area contributed by atoms with Crippen molar-refractivity contribution in [3.8, 4) is 5.75 Å². The van der Waals surface area contributed by atoms with Crippen LogP contribution in [0.15, 0.2) is 48.5 Å². The van der Waals surface area contributed by atoms with Gasteiger partial charge in [-0.2, -0.15) is 0 Å². The summed E-state index contributed by atoms with van der Waals surface area (Å²) in [5.74, 6) is 0.368. The average Bonchev–Trinajstić information content (AvgIpc) is 3.09. The van der Waals surface area contributed by atoms with Crippen LogP contribution in [0.25, 0.3) is 0 Å². The molecule has 4 rings (SSSR count). The van der Waals surface area contributed by atoms with Crippen molar-refractivity contribution in [3.63, 3.8) is 0 Å². The molecule has 2 saturated heterocycles. The van der Waals surface area contributed by atoms with Gasteiger partial charge < -0.3 is 14.5 Å². The molecular weight excluding hydrogens is 400 g/mol. The van der Waals surface area contributed by atoms with Crippen LogP contribution in [0.4, 0.5) is 17.1 Å². The van der Waals surface area contributed by atoms with Crippen LogP contribution >= 0.6 is 0 Å². The Hall–Kier alpha value is -3.46. The zero-order chi connectivity index (χ0) is 22.0. The van der Waals surface area contributed by atoms with Gasteiger partial charge in [-0.15, -0.1) is 0 Å². The second kappa shape index (κ2) is 8.73. The molecule has 31 heavy (non-hydrogen) atoms. The van der Waals surface area contributed by atoms with Gasteiger partial charge >= 0.3 is 0 Å². The minimum Gasteiger partial charge on any atom is -0.494 e. The minimum absolute atomic E-state index is 0.0671. The summed E-state index contributed by atoms with van der Waals surface area (Å²) in [6.45, 7) is 5.33. The van der Waals surface area contributed by atoms with Crippen LogP contribution in [0.1, 0.15) is 13.3 Å². The monoisotopic (exact) mass is 425 g/mol. The summed E-state index contributed by atoms with van der Waals surface area (Å²) in [5.41, 5.74) is 1.57. The molecule has 2 amide bonds. The van der Waals surface area contributed by atoms with Gasteiger partial charge in [-0.1, -0.05) is 0 Å². The fraction of sp³-hybridized carbons (Fsp3) is 0.364. The Bertz CT molecular complexity index is 968. The van der Waals surface area contributed by atoms with Crippen molar-refractivity contribution in [2.24, 2.45) is 0 Å². The normalized spacial score (nSPS) is 19.7. The molecule has 9 nitrogen and oxygen atoms in total. The van der Waals surface area contributed by atoms with Crippen molar-refractivity contribution >= 4 is 28.9 Å². The van der Waals surface area contributed by atoms with E-state index in [4.69, 9.17) is 4.74 Å². The lowest BCUT2D eigenvalue weighted by atomic mass is 10.1. The highest BCUT2D eigenvalue weighted by Gasteiger charge is 2.46. The van der Waals surface area contributed by atoms with Crippen molar-refractivity contribution in [2.75, 3.05) is 42.6 Å². The highest BCUT2D eigenvalue weighted by Crippen LogP contribution is 2.25. The van der Waals surface area contributed by atoms with Gasteiger partial charge in [0.25, 0.3) is 11.6 Å². The number of piperazine rings is 1. The van der Waals surface area contributed by atoms with Gasteiger partial charge in [0, 0.05) is 17.8 Å². The zero-order valence-corrected chi connectivity index (χ0v) is 17.3. The summed E-state index contributed by atoms with van der Waals surface area (Å²) in [6, 6.07) is 13.1. The van der Waals surface area contributed by atoms with E-state index in [9.17, 15) is 19.7 Å². The van der Waals surface area contributed by atoms with Gasteiger partial charge in [0.05, 0.1) is 49.8 Å². The third-order valence-corrected chi connectivity index (χ3v) is 5.88. The van der Waals surface area contributed by atoms with Gasteiger partial charge in [0.15, 0.2) is 6.04 Å². The van der Waals surface area contributed by atoms with E-state index in [-0.39, 0.29) is 30.0 Å². The number of carbonyl (C=O) groups excluding carboxylic acids is 2. The first-order valence-electron chi connectivity index (χ1n) is 10.4. The van der Waals surface area contributed by atoms with Crippen molar-refractivity contribution < 1.29 is 24.1 Å². The predicted molar refractivity (Wildman–Crippen MR) is 115 cm³/mol. The zero-order valence-electron chi connectivity index (χ0n) is 17.3.